The van der Waals surface area contributed by atoms with E-state index in [1.54, 1.807) is 0 Å². The average molecular weight is 569 g/mol. The molecule has 0 rings (SSSR count). The summed E-state index contributed by atoms with van der Waals surface area (Å²) in [6.07, 6.45) is 22.8. The largest absolute Gasteiger partial charge is 0.462 e. The summed E-state index contributed by atoms with van der Waals surface area (Å²) in [5.74, 6) is -0.117. The van der Waals surface area contributed by atoms with E-state index in [-0.39, 0.29) is 31.1 Å². The molecule has 0 heterocycles. The van der Waals surface area contributed by atoms with Crippen molar-refractivity contribution in [1.29, 1.82) is 0 Å². The van der Waals surface area contributed by atoms with Crippen molar-refractivity contribution in [2.45, 2.75) is 181 Å². The maximum Gasteiger partial charge on any atom is 0.306 e. The van der Waals surface area contributed by atoms with E-state index < -0.39 is 6.10 Å². The van der Waals surface area contributed by atoms with Gasteiger partial charge in [-0.1, -0.05) is 137 Å². The fourth-order valence-electron chi connectivity index (χ4n) is 4.68. The van der Waals surface area contributed by atoms with Crippen LogP contribution < -0.4 is 0 Å². The fourth-order valence-corrected chi connectivity index (χ4v) is 4.68. The van der Waals surface area contributed by atoms with Crippen molar-refractivity contribution in [3.05, 3.63) is 0 Å². The summed E-state index contributed by atoms with van der Waals surface area (Å²) in [6.45, 7) is 8.76. The lowest BCUT2D eigenvalue weighted by Gasteiger charge is -2.18. The third-order valence-corrected chi connectivity index (χ3v) is 7.29. The Bertz CT molecular complexity index is 603. The van der Waals surface area contributed by atoms with Crippen molar-refractivity contribution in [3.8, 4) is 0 Å². The van der Waals surface area contributed by atoms with Gasteiger partial charge in [0.05, 0.1) is 0 Å². The van der Waals surface area contributed by atoms with Crippen LogP contribution in [0.4, 0.5) is 0 Å². The zero-order valence-corrected chi connectivity index (χ0v) is 26.8. The van der Waals surface area contributed by atoms with Crippen LogP contribution in [-0.4, -0.2) is 37.2 Å². The number of unbranched alkanes of at least 4 members (excludes halogenated alkanes) is 16. The van der Waals surface area contributed by atoms with E-state index in [2.05, 4.69) is 27.7 Å². The third-order valence-electron chi connectivity index (χ3n) is 7.29. The van der Waals surface area contributed by atoms with Gasteiger partial charge >= 0.3 is 17.9 Å². The van der Waals surface area contributed by atoms with Gasteiger partial charge in [-0.3, -0.25) is 14.4 Å². The number of carbonyl (C=O) groups is 3. The molecule has 0 aromatic rings. The van der Waals surface area contributed by atoms with Gasteiger partial charge in [0, 0.05) is 19.3 Å². The first-order valence-electron chi connectivity index (χ1n) is 16.9. The van der Waals surface area contributed by atoms with Gasteiger partial charge in [-0.15, -0.1) is 0 Å². The molecule has 0 aliphatic carbocycles. The van der Waals surface area contributed by atoms with Crippen molar-refractivity contribution in [3.63, 3.8) is 0 Å². The molecular weight excluding hydrogens is 504 g/mol. The van der Waals surface area contributed by atoms with Crippen LogP contribution in [0.1, 0.15) is 175 Å². The highest BCUT2D eigenvalue weighted by Crippen LogP contribution is 2.14. The van der Waals surface area contributed by atoms with E-state index in [0.29, 0.717) is 19.3 Å². The minimum absolute atomic E-state index is 0.0682. The lowest BCUT2D eigenvalue weighted by molar-refractivity contribution is -0.167. The van der Waals surface area contributed by atoms with Crippen molar-refractivity contribution >= 4 is 17.9 Å². The average Bonchev–Trinajstić information content (AvgIpc) is 2.92. The molecule has 0 aromatic carbocycles. The fraction of sp³-hybridized carbons (Fsp3) is 0.912. The first-order valence-corrected chi connectivity index (χ1v) is 16.9. The van der Waals surface area contributed by atoms with Gasteiger partial charge in [0.25, 0.3) is 0 Å². The molecule has 6 nitrogen and oxygen atoms in total. The SMILES string of the molecule is CCCCCCCCCC(=O)OC[C@H](COC(=O)CCCCCCC)OC(=O)CCCCCCCCCC(C)C. The third kappa shape index (κ3) is 28.0. The monoisotopic (exact) mass is 568 g/mol. The second-order valence-corrected chi connectivity index (χ2v) is 11.9. The van der Waals surface area contributed by atoms with E-state index >= 15 is 0 Å². The molecule has 0 saturated heterocycles. The van der Waals surface area contributed by atoms with Crippen molar-refractivity contribution < 1.29 is 28.6 Å². The van der Waals surface area contributed by atoms with E-state index in [1.807, 2.05) is 0 Å². The standard InChI is InChI=1S/C34H64O6/c1-5-7-9-11-13-18-22-26-33(36)39-29-31(28-38-32(35)25-21-16-10-8-6-2)40-34(37)27-23-19-15-12-14-17-20-24-30(3)4/h30-31H,5-29H2,1-4H3/t31-/m0/s1. The molecule has 0 aliphatic heterocycles. The van der Waals surface area contributed by atoms with Crippen LogP contribution in [0.2, 0.25) is 0 Å². The maximum absolute atomic E-state index is 12.5. The van der Waals surface area contributed by atoms with E-state index in [9.17, 15) is 14.4 Å². The Balaban J connectivity index is 4.33. The molecule has 0 radical (unpaired) electrons. The number of ether oxygens (including phenoxy) is 3. The molecule has 0 bridgehead atoms. The molecule has 40 heavy (non-hydrogen) atoms. The highest BCUT2D eigenvalue weighted by atomic mass is 16.6. The molecule has 0 unspecified atom stereocenters. The molecule has 0 aliphatic rings. The first-order chi connectivity index (χ1) is 19.4. The number of rotatable bonds is 29. The first kappa shape index (κ1) is 38.4. The summed E-state index contributed by atoms with van der Waals surface area (Å²) in [4.78, 5) is 36.9. The summed E-state index contributed by atoms with van der Waals surface area (Å²) in [5.41, 5.74) is 0. The van der Waals surface area contributed by atoms with E-state index in [4.69, 9.17) is 14.2 Å². The molecule has 0 N–H and O–H groups in total. The lowest BCUT2D eigenvalue weighted by Crippen LogP contribution is -2.30. The molecule has 0 saturated carbocycles. The van der Waals surface area contributed by atoms with Gasteiger partial charge in [0.15, 0.2) is 6.10 Å². The lowest BCUT2D eigenvalue weighted by atomic mass is 10.0. The van der Waals surface area contributed by atoms with Crippen molar-refractivity contribution in [1.82, 2.24) is 0 Å². The normalized spacial score (nSPS) is 11.9. The van der Waals surface area contributed by atoms with Gasteiger partial charge in [-0.2, -0.15) is 0 Å². The Hall–Kier alpha value is -1.59. The molecular formula is C34H64O6. The maximum atomic E-state index is 12.5. The number of hydrogen-bond acceptors (Lipinski definition) is 6. The molecule has 236 valence electrons. The van der Waals surface area contributed by atoms with E-state index in [0.717, 1.165) is 70.1 Å². The Morgan fingerprint density at radius 3 is 1.23 bits per heavy atom. The van der Waals surface area contributed by atoms with Crippen LogP contribution in [0.5, 0.6) is 0 Å². The molecule has 0 amide bonds. The topological polar surface area (TPSA) is 78.9 Å². The Morgan fingerprint density at radius 2 is 0.825 bits per heavy atom. The van der Waals surface area contributed by atoms with Gasteiger partial charge < -0.3 is 14.2 Å². The van der Waals surface area contributed by atoms with Gasteiger partial charge in [-0.25, -0.2) is 0 Å². The second-order valence-electron chi connectivity index (χ2n) is 11.9. The van der Waals surface area contributed by atoms with Crippen LogP contribution in [-0.2, 0) is 28.6 Å². The Morgan fingerprint density at radius 1 is 0.475 bits per heavy atom. The quantitative estimate of drug-likeness (QED) is 0.0508. The van der Waals surface area contributed by atoms with Crippen LogP contribution >= 0.6 is 0 Å². The summed E-state index contributed by atoms with van der Waals surface area (Å²) in [5, 5.41) is 0. The predicted molar refractivity (Wildman–Crippen MR) is 164 cm³/mol. The summed E-state index contributed by atoms with van der Waals surface area (Å²) < 4.78 is 16.4. The summed E-state index contributed by atoms with van der Waals surface area (Å²) in [7, 11) is 0. The van der Waals surface area contributed by atoms with Crippen molar-refractivity contribution in [2.24, 2.45) is 5.92 Å². The summed E-state index contributed by atoms with van der Waals surface area (Å²) >= 11 is 0. The molecule has 1 atom stereocenters. The van der Waals surface area contributed by atoms with Crippen LogP contribution in [0.15, 0.2) is 0 Å². The van der Waals surface area contributed by atoms with Crippen molar-refractivity contribution in [2.75, 3.05) is 13.2 Å². The zero-order chi connectivity index (χ0) is 29.7. The highest BCUT2D eigenvalue weighted by Gasteiger charge is 2.19. The summed E-state index contributed by atoms with van der Waals surface area (Å²) in [6, 6.07) is 0. The zero-order valence-electron chi connectivity index (χ0n) is 26.8. The van der Waals surface area contributed by atoms with E-state index in [1.165, 1.54) is 64.2 Å². The molecule has 0 aromatic heterocycles. The van der Waals surface area contributed by atoms with Gasteiger partial charge in [-0.05, 0) is 25.2 Å². The number of esters is 3. The highest BCUT2D eigenvalue weighted by molar-refractivity contribution is 5.71. The van der Waals surface area contributed by atoms with Gasteiger partial charge in [0.2, 0.25) is 0 Å². The van der Waals surface area contributed by atoms with Crippen LogP contribution in [0.25, 0.3) is 0 Å². The predicted octanol–water partition coefficient (Wildman–Crippen LogP) is 9.65. The molecule has 0 fully saturated rings. The number of hydrogen-bond donors (Lipinski definition) is 0. The van der Waals surface area contributed by atoms with Gasteiger partial charge in [0.1, 0.15) is 13.2 Å². The minimum Gasteiger partial charge on any atom is -0.462 e. The Labute approximate surface area is 247 Å². The minimum atomic E-state index is -0.754. The molecule has 6 heteroatoms. The molecule has 0 spiro atoms. The smallest absolute Gasteiger partial charge is 0.306 e. The number of carbonyl (C=O) groups excluding carboxylic acids is 3. The van der Waals surface area contributed by atoms with Crippen LogP contribution in [0.3, 0.4) is 0 Å². The van der Waals surface area contributed by atoms with Crippen LogP contribution in [0, 0.1) is 5.92 Å². The second kappa shape index (κ2) is 28.9. The Kier molecular flexibility index (Phi) is 27.8.